The third-order valence-electron chi connectivity index (χ3n) is 4.15. The van der Waals surface area contributed by atoms with E-state index >= 15 is 0 Å². The van der Waals surface area contributed by atoms with Crippen LogP contribution in [0.2, 0.25) is 0 Å². The summed E-state index contributed by atoms with van der Waals surface area (Å²) in [6, 6.07) is 4.61. The molecule has 1 saturated heterocycles. The number of rotatable bonds is 4. The summed E-state index contributed by atoms with van der Waals surface area (Å²) in [5.41, 5.74) is 1.06. The third-order valence-corrected chi connectivity index (χ3v) is 4.74. The van der Waals surface area contributed by atoms with Gasteiger partial charge in [-0.1, -0.05) is 0 Å². The Kier molecular flexibility index (Phi) is 6.86. The normalized spacial score (nSPS) is 16.6. The standard InChI is InChI=1S/C10H8BrN7.C7H13NO/c1-13-7-2-8(17-18-10(7)11)16-9-5-14-6(3-12)4-15-9;1-2-7(1)8-3-5-9-6-4-8/h2,4-5H,1H3,(H2,13,15,16,17);7H,1-6H2. The van der Waals surface area contributed by atoms with Crippen LogP contribution in [-0.4, -0.2) is 64.5 Å². The quantitative estimate of drug-likeness (QED) is 0.749. The fraction of sp³-hybridized carbons (Fsp3) is 0.471. The second-order valence-electron chi connectivity index (χ2n) is 6.09. The van der Waals surface area contributed by atoms with Crippen molar-refractivity contribution in [3.8, 4) is 6.07 Å². The SMILES string of the molecule is C1CN(C2CC2)CCO1.CNc1cc(Nc2cnc(C#N)cn2)nnc1Br. The molecule has 0 aromatic carbocycles. The number of anilines is 3. The maximum Gasteiger partial charge on any atom is 0.158 e. The molecule has 0 amide bonds. The summed E-state index contributed by atoms with van der Waals surface area (Å²) in [5.74, 6) is 1.02. The van der Waals surface area contributed by atoms with Crippen LogP contribution in [0.5, 0.6) is 0 Å². The Labute approximate surface area is 166 Å². The van der Waals surface area contributed by atoms with E-state index in [4.69, 9.17) is 10.00 Å². The number of ether oxygens (including phenoxy) is 1. The minimum absolute atomic E-state index is 0.262. The summed E-state index contributed by atoms with van der Waals surface area (Å²) in [6.45, 7) is 4.25. The number of aromatic nitrogens is 4. The number of hydrogen-bond donors (Lipinski definition) is 2. The van der Waals surface area contributed by atoms with Crippen LogP contribution in [0, 0.1) is 11.3 Å². The zero-order valence-corrected chi connectivity index (χ0v) is 16.6. The molecule has 2 fully saturated rings. The van der Waals surface area contributed by atoms with Crippen LogP contribution in [0.1, 0.15) is 18.5 Å². The Morgan fingerprint density at radius 1 is 1.19 bits per heavy atom. The maximum absolute atomic E-state index is 8.61. The molecular weight excluding hydrogens is 412 g/mol. The molecule has 2 aromatic rings. The van der Waals surface area contributed by atoms with Gasteiger partial charge in [-0.2, -0.15) is 5.26 Å². The Balaban J connectivity index is 0.000000193. The highest BCUT2D eigenvalue weighted by Crippen LogP contribution is 2.26. The average molecular weight is 433 g/mol. The molecule has 1 saturated carbocycles. The molecule has 1 aliphatic carbocycles. The second-order valence-corrected chi connectivity index (χ2v) is 6.84. The highest BCUT2D eigenvalue weighted by atomic mass is 79.9. The van der Waals surface area contributed by atoms with Crippen LogP contribution in [0.3, 0.4) is 0 Å². The summed E-state index contributed by atoms with van der Waals surface area (Å²) in [6.07, 6.45) is 5.70. The predicted molar refractivity (Wildman–Crippen MR) is 105 cm³/mol. The lowest BCUT2D eigenvalue weighted by Crippen LogP contribution is -2.37. The van der Waals surface area contributed by atoms with Crippen LogP contribution in [0.15, 0.2) is 23.1 Å². The van der Waals surface area contributed by atoms with E-state index < -0.39 is 0 Å². The Morgan fingerprint density at radius 2 is 1.96 bits per heavy atom. The van der Waals surface area contributed by atoms with Gasteiger partial charge in [0.1, 0.15) is 11.9 Å². The number of nitrogens with one attached hydrogen (secondary N) is 2. The minimum Gasteiger partial charge on any atom is -0.386 e. The molecule has 10 heteroatoms. The number of halogens is 1. The molecule has 2 N–H and O–H groups in total. The average Bonchev–Trinajstić information content (AvgIpc) is 3.57. The molecule has 0 unspecified atom stereocenters. The van der Waals surface area contributed by atoms with Gasteiger partial charge in [-0.25, -0.2) is 9.97 Å². The molecule has 3 heterocycles. The van der Waals surface area contributed by atoms with Gasteiger partial charge in [-0.3, -0.25) is 4.90 Å². The first-order chi connectivity index (χ1) is 13.2. The fourth-order valence-electron chi connectivity index (χ4n) is 2.58. The van der Waals surface area contributed by atoms with Crippen molar-refractivity contribution in [2.24, 2.45) is 0 Å². The number of morpholine rings is 1. The highest BCUT2D eigenvalue weighted by Gasteiger charge is 2.29. The lowest BCUT2D eigenvalue weighted by molar-refractivity contribution is 0.0340. The molecular formula is C17H21BrN8O. The summed E-state index contributed by atoms with van der Waals surface area (Å²) in [7, 11) is 1.78. The molecule has 142 valence electrons. The van der Waals surface area contributed by atoms with Gasteiger partial charge in [-0.05, 0) is 28.8 Å². The highest BCUT2D eigenvalue weighted by molar-refractivity contribution is 9.10. The second kappa shape index (κ2) is 9.55. The zero-order chi connectivity index (χ0) is 19.1. The van der Waals surface area contributed by atoms with Crippen molar-refractivity contribution >= 4 is 33.3 Å². The number of hydrogen-bond acceptors (Lipinski definition) is 9. The van der Waals surface area contributed by atoms with E-state index in [2.05, 4.69) is 51.6 Å². The fourth-order valence-corrected chi connectivity index (χ4v) is 2.97. The van der Waals surface area contributed by atoms with Gasteiger partial charge in [0, 0.05) is 32.2 Å². The molecule has 27 heavy (non-hydrogen) atoms. The van der Waals surface area contributed by atoms with E-state index in [1.807, 2.05) is 6.07 Å². The Bertz CT molecular complexity index is 785. The Hall–Kier alpha value is -2.35. The first-order valence-electron chi connectivity index (χ1n) is 8.71. The molecule has 0 radical (unpaired) electrons. The number of nitrogens with zero attached hydrogens (tertiary/aromatic N) is 6. The molecule has 2 aliphatic rings. The molecule has 4 rings (SSSR count). The lowest BCUT2D eigenvalue weighted by atomic mass is 10.4. The van der Waals surface area contributed by atoms with Crippen molar-refractivity contribution in [1.29, 1.82) is 5.26 Å². The summed E-state index contributed by atoms with van der Waals surface area (Å²) in [4.78, 5) is 10.5. The van der Waals surface area contributed by atoms with Crippen molar-refractivity contribution in [2.75, 3.05) is 44.0 Å². The lowest BCUT2D eigenvalue weighted by Gasteiger charge is -2.26. The van der Waals surface area contributed by atoms with Crippen molar-refractivity contribution < 1.29 is 4.74 Å². The summed E-state index contributed by atoms with van der Waals surface area (Å²) in [5, 5.41) is 22.4. The van der Waals surface area contributed by atoms with Crippen LogP contribution < -0.4 is 10.6 Å². The first-order valence-corrected chi connectivity index (χ1v) is 9.51. The monoisotopic (exact) mass is 432 g/mol. The van der Waals surface area contributed by atoms with Crippen molar-refractivity contribution in [1.82, 2.24) is 25.1 Å². The van der Waals surface area contributed by atoms with Crippen molar-refractivity contribution in [3.05, 3.63) is 28.8 Å². The van der Waals surface area contributed by atoms with Crippen LogP contribution in [0.4, 0.5) is 17.3 Å². The molecule has 9 nitrogen and oxygen atoms in total. The third kappa shape index (κ3) is 5.82. The smallest absolute Gasteiger partial charge is 0.158 e. The van der Waals surface area contributed by atoms with Gasteiger partial charge in [0.25, 0.3) is 0 Å². The Morgan fingerprint density at radius 3 is 2.56 bits per heavy atom. The largest absolute Gasteiger partial charge is 0.386 e. The molecule has 0 spiro atoms. The molecule has 0 atom stereocenters. The van der Waals surface area contributed by atoms with Gasteiger partial charge in [0.2, 0.25) is 0 Å². The van der Waals surface area contributed by atoms with E-state index in [0.29, 0.717) is 16.2 Å². The molecule has 0 bridgehead atoms. The van der Waals surface area contributed by atoms with Gasteiger partial charge in [0.15, 0.2) is 16.1 Å². The van der Waals surface area contributed by atoms with E-state index in [0.717, 1.165) is 24.9 Å². The van der Waals surface area contributed by atoms with Crippen LogP contribution in [-0.2, 0) is 4.74 Å². The topological polar surface area (TPSA) is 112 Å². The maximum atomic E-state index is 8.61. The van der Waals surface area contributed by atoms with Crippen LogP contribution >= 0.6 is 15.9 Å². The van der Waals surface area contributed by atoms with E-state index in [1.54, 1.807) is 13.1 Å². The minimum atomic E-state index is 0.262. The van der Waals surface area contributed by atoms with Crippen LogP contribution in [0.25, 0.3) is 0 Å². The van der Waals surface area contributed by atoms with Gasteiger partial charge in [0.05, 0.1) is 31.3 Å². The van der Waals surface area contributed by atoms with Crippen molar-refractivity contribution in [3.63, 3.8) is 0 Å². The first kappa shape index (κ1) is 19.4. The van der Waals surface area contributed by atoms with Gasteiger partial charge in [-0.15, -0.1) is 10.2 Å². The molecule has 1 aliphatic heterocycles. The zero-order valence-electron chi connectivity index (χ0n) is 15.0. The summed E-state index contributed by atoms with van der Waals surface area (Å²) < 4.78 is 5.86. The van der Waals surface area contributed by atoms with Gasteiger partial charge < -0.3 is 15.4 Å². The number of nitriles is 1. The van der Waals surface area contributed by atoms with E-state index in [1.165, 1.54) is 38.3 Å². The predicted octanol–water partition coefficient (Wildman–Crippen LogP) is 2.17. The molecule has 2 aromatic heterocycles. The van der Waals surface area contributed by atoms with Crippen molar-refractivity contribution in [2.45, 2.75) is 18.9 Å². The van der Waals surface area contributed by atoms with E-state index in [9.17, 15) is 0 Å². The van der Waals surface area contributed by atoms with E-state index in [-0.39, 0.29) is 5.69 Å². The van der Waals surface area contributed by atoms with Gasteiger partial charge >= 0.3 is 0 Å². The summed E-state index contributed by atoms with van der Waals surface area (Å²) >= 11 is 3.27.